The monoisotopic (exact) mass is 259 g/mol. The van der Waals surface area contributed by atoms with Gasteiger partial charge in [-0.05, 0) is 31.7 Å². The Morgan fingerprint density at radius 1 is 1.37 bits per heavy atom. The van der Waals surface area contributed by atoms with Gasteiger partial charge in [-0.3, -0.25) is 9.36 Å². The molecule has 2 aromatic rings. The summed E-state index contributed by atoms with van der Waals surface area (Å²) >= 11 is 0. The predicted octanol–water partition coefficient (Wildman–Crippen LogP) is 1.59. The number of hydrogen-bond acceptors (Lipinski definition) is 3. The van der Waals surface area contributed by atoms with Crippen molar-refractivity contribution in [2.24, 2.45) is 7.05 Å². The molecular weight excluding hydrogens is 238 g/mol. The molecule has 1 aliphatic carbocycles. The minimum atomic E-state index is 0.453. The van der Waals surface area contributed by atoms with Crippen LogP contribution in [0.2, 0.25) is 0 Å². The molecule has 0 spiro atoms. The highest BCUT2D eigenvalue weighted by atomic mass is 15.3. The Labute approximate surface area is 113 Å². The lowest BCUT2D eigenvalue weighted by molar-refractivity contribution is 0.432. The third-order valence-corrected chi connectivity index (χ3v) is 3.87. The van der Waals surface area contributed by atoms with Gasteiger partial charge in [-0.2, -0.15) is 10.2 Å². The van der Waals surface area contributed by atoms with Crippen LogP contribution >= 0.6 is 0 Å². The Hall–Kier alpha value is -1.62. The van der Waals surface area contributed by atoms with E-state index in [1.165, 1.54) is 29.7 Å². The molecule has 102 valence electrons. The summed E-state index contributed by atoms with van der Waals surface area (Å²) in [6.07, 6.45) is 9.60. The molecule has 1 atom stereocenters. The normalized spacial score (nSPS) is 18.5. The molecule has 3 rings (SSSR count). The second-order valence-electron chi connectivity index (χ2n) is 5.35. The van der Waals surface area contributed by atoms with Gasteiger partial charge < -0.3 is 5.32 Å². The van der Waals surface area contributed by atoms with E-state index in [1.54, 1.807) is 0 Å². The summed E-state index contributed by atoms with van der Waals surface area (Å²) in [5, 5.41) is 12.3. The molecule has 0 fully saturated rings. The molecule has 2 heterocycles. The fourth-order valence-electron chi connectivity index (χ4n) is 2.86. The van der Waals surface area contributed by atoms with Crippen LogP contribution in [-0.2, 0) is 20.0 Å². The second-order valence-corrected chi connectivity index (χ2v) is 5.35. The number of fused-ring (bicyclic) bond motifs is 1. The van der Waals surface area contributed by atoms with Crippen molar-refractivity contribution in [3.05, 3.63) is 35.4 Å². The number of aromatic nitrogens is 4. The summed E-state index contributed by atoms with van der Waals surface area (Å²) < 4.78 is 4.01. The SMILES string of the molecule is Cc1cnn(CCNC2CCCc3c2cnn3C)c1. The molecule has 0 bridgehead atoms. The molecule has 1 unspecified atom stereocenters. The lowest BCUT2D eigenvalue weighted by atomic mass is 9.93. The van der Waals surface area contributed by atoms with Crippen molar-refractivity contribution in [1.82, 2.24) is 24.9 Å². The molecule has 5 nitrogen and oxygen atoms in total. The maximum absolute atomic E-state index is 4.38. The van der Waals surface area contributed by atoms with Crippen LogP contribution < -0.4 is 5.32 Å². The molecule has 0 saturated carbocycles. The van der Waals surface area contributed by atoms with Gasteiger partial charge in [-0.1, -0.05) is 0 Å². The Morgan fingerprint density at radius 2 is 2.26 bits per heavy atom. The summed E-state index contributed by atoms with van der Waals surface area (Å²) in [5.74, 6) is 0. The third-order valence-electron chi connectivity index (χ3n) is 3.87. The van der Waals surface area contributed by atoms with E-state index in [4.69, 9.17) is 0 Å². The number of rotatable bonds is 4. The Bertz CT molecular complexity index is 554. The van der Waals surface area contributed by atoms with Crippen LogP contribution in [-0.4, -0.2) is 26.1 Å². The van der Waals surface area contributed by atoms with Gasteiger partial charge in [0.25, 0.3) is 0 Å². The number of aryl methyl sites for hydroxylation is 2. The van der Waals surface area contributed by atoms with Crippen LogP contribution in [0.1, 0.15) is 35.7 Å². The van der Waals surface area contributed by atoms with Crippen LogP contribution in [0.4, 0.5) is 0 Å². The highest BCUT2D eigenvalue weighted by molar-refractivity contribution is 5.24. The van der Waals surface area contributed by atoms with Gasteiger partial charge in [0.05, 0.1) is 18.9 Å². The van der Waals surface area contributed by atoms with E-state index in [0.717, 1.165) is 19.5 Å². The fraction of sp³-hybridized carbons (Fsp3) is 0.571. The first-order chi connectivity index (χ1) is 9.24. The minimum Gasteiger partial charge on any atom is -0.308 e. The Kier molecular flexibility index (Phi) is 3.38. The van der Waals surface area contributed by atoms with Gasteiger partial charge in [0.2, 0.25) is 0 Å². The molecule has 2 aromatic heterocycles. The van der Waals surface area contributed by atoms with E-state index in [9.17, 15) is 0 Å². The molecule has 1 N–H and O–H groups in total. The van der Waals surface area contributed by atoms with Gasteiger partial charge in [-0.15, -0.1) is 0 Å². The summed E-state index contributed by atoms with van der Waals surface area (Å²) in [4.78, 5) is 0. The van der Waals surface area contributed by atoms with Crippen molar-refractivity contribution in [2.75, 3.05) is 6.54 Å². The van der Waals surface area contributed by atoms with Crippen molar-refractivity contribution in [2.45, 2.75) is 38.8 Å². The zero-order valence-corrected chi connectivity index (χ0v) is 11.6. The van der Waals surface area contributed by atoms with Crippen molar-refractivity contribution < 1.29 is 0 Å². The highest BCUT2D eigenvalue weighted by Crippen LogP contribution is 2.28. The maximum Gasteiger partial charge on any atom is 0.0540 e. The molecule has 0 aromatic carbocycles. The van der Waals surface area contributed by atoms with Gasteiger partial charge in [-0.25, -0.2) is 0 Å². The highest BCUT2D eigenvalue weighted by Gasteiger charge is 2.22. The van der Waals surface area contributed by atoms with Crippen molar-refractivity contribution >= 4 is 0 Å². The number of hydrogen-bond donors (Lipinski definition) is 1. The first kappa shape index (κ1) is 12.4. The average Bonchev–Trinajstić information content (AvgIpc) is 2.98. The van der Waals surface area contributed by atoms with Crippen molar-refractivity contribution in [1.29, 1.82) is 0 Å². The maximum atomic E-state index is 4.38. The zero-order chi connectivity index (χ0) is 13.2. The Balaban J connectivity index is 1.59. The summed E-state index contributed by atoms with van der Waals surface area (Å²) in [6, 6.07) is 0.453. The summed E-state index contributed by atoms with van der Waals surface area (Å²) in [7, 11) is 2.04. The minimum absolute atomic E-state index is 0.453. The van der Waals surface area contributed by atoms with Crippen LogP contribution in [0.3, 0.4) is 0 Å². The molecule has 0 saturated heterocycles. The molecule has 0 amide bonds. The first-order valence-electron chi connectivity index (χ1n) is 6.97. The Morgan fingerprint density at radius 3 is 3.05 bits per heavy atom. The first-order valence-corrected chi connectivity index (χ1v) is 6.97. The van der Waals surface area contributed by atoms with E-state index < -0.39 is 0 Å². The van der Waals surface area contributed by atoms with Crippen LogP contribution in [0, 0.1) is 6.92 Å². The second kappa shape index (κ2) is 5.17. The molecule has 19 heavy (non-hydrogen) atoms. The van der Waals surface area contributed by atoms with E-state index in [2.05, 4.69) is 28.6 Å². The van der Waals surface area contributed by atoms with Crippen LogP contribution in [0.5, 0.6) is 0 Å². The average molecular weight is 259 g/mol. The molecular formula is C14H21N5. The topological polar surface area (TPSA) is 47.7 Å². The van der Waals surface area contributed by atoms with Gasteiger partial charge in [0.1, 0.15) is 0 Å². The largest absolute Gasteiger partial charge is 0.308 e. The van der Waals surface area contributed by atoms with Crippen LogP contribution in [0.15, 0.2) is 18.6 Å². The fourth-order valence-corrected chi connectivity index (χ4v) is 2.86. The molecule has 0 radical (unpaired) electrons. The molecule has 5 heteroatoms. The van der Waals surface area contributed by atoms with Crippen molar-refractivity contribution in [3.8, 4) is 0 Å². The van der Waals surface area contributed by atoms with Crippen LogP contribution in [0.25, 0.3) is 0 Å². The number of nitrogens with zero attached hydrogens (tertiary/aromatic N) is 4. The predicted molar refractivity (Wildman–Crippen MR) is 73.9 cm³/mol. The van der Waals surface area contributed by atoms with E-state index in [0.29, 0.717) is 6.04 Å². The lowest BCUT2D eigenvalue weighted by Gasteiger charge is -2.23. The third kappa shape index (κ3) is 2.56. The lowest BCUT2D eigenvalue weighted by Crippen LogP contribution is -2.28. The summed E-state index contributed by atoms with van der Waals surface area (Å²) in [5.41, 5.74) is 3.98. The number of nitrogens with one attached hydrogen (secondary N) is 1. The van der Waals surface area contributed by atoms with Crippen molar-refractivity contribution in [3.63, 3.8) is 0 Å². The smallest absolute Gasteiger partial charge is 0.0540 e. The van der Waals surface area contributed by atoms with E-state index >= 15 is 0 Å². The quantitative estimate of drug-likeness (QED) is 0.907. The van der Waals surface area contributed by atoms with E-state index in [-0.39, 0.29) is 0 Å². The molecule has 1 aliphatic rings. The van der Waals surface area contributed by atoms with Gasteiger partial charge in [0.15, 0.2) is 0 Å². The van der Waals surface area contributed by atoms with E-state index in [1.807, 2.05) is 28.8 Å². The zero-order valence-electron chi connectivity index (χ0n) is 11.6. The van der Waals surface area contributed by atoms with Gasteiger partial charge >= 0.3 is 0 Å². The molecule has 0 aliphatic heterocycles. The van der Waals surface area contributed by atoms with Gasteiger partial charge in [0, 0.05) is 37.1 Å². The summed E-state index contributed by atoms with van der Waals surface area (Å²) in [6.45, 7) is 3.93. The standard InChI is InChI=1S/C14H21N5/c1-11-8-17-19(10-11)7-6-15-13-4-3-5-14-12(13)9-16-18(14)2/h8-10,13,15H,3-7H2,1-2H3.